The monoisotopic (exact) mass is 315 g/mol. The highest BCUT2D eigenvalue weighted by Crippen LogP contribution is 2.35. The van der Waals surface area contributed by atoms with Gasteiger partial charge in [-0.15, -0.1) is 0 Å². The van der Waals surface area contributed by atoms with E-state index in [-0.39, 0.29) is 17.3 Å². The lowest BCUT2D eigenvalue weighted by Gasteiger charge is -2.35. The Kier molecular flexibility index (Phi) is 4.41. The molecule has 0 spiro atoms. The number of methoxy groups -OCH3 is 1. The fourth-order valence-electron chi connectivity index (χ4n) is 3.34. The maximum Gasteiger partial charge on any atom is 0.327 e. The van der Waals surface area contributed by atoms with E-state index in [0.29, 0.717) is 0 Å². The molecule has 2 atom stereocenters. The van der Waals surface area contributed by atoms with Gasteiger partial charge in [0.2, 0.25) is 0 Å². The van der Waals surface area contributed by atoms with E-state index in [4.69, 9.17) is 4.74 Å². The van der Waals surface area contributed by atoms with Crippen LogP contribution < -0.4 is 0 Å². The predicted molar refractivity (Wildman–Crippen MR) is 91.1 cm³/mol. The maximum atomic E-state index is 12.4. The Labute approximate surface area is 137 Å². The van der Waals surface area contributed by atoms with Crippen molar-refractivity contribution in [3.05, 3.63) is 58.7 Å². The normalized spacial score (nSPS) is 22.6. The molecule has 0 aromatic heterocycles. The summed E-state index contributed by atoms with van der Waals surface area (Å²) in [6, 6.07) is 7.69. The summed E-state index contributed by atoms with van der Waals surface area (Å²) in [7, 11) is 1.46. The van der Waals surface area contributed by atoms with Crippen molar-refractivity contribution < 1.29 is 9.53 Å². The second-order valence-electron chi connectivity index (χ2n) is 5.86. The standard InChI is InChI=1S/C18H21NO2S/c1-12-5-3-4-6-14(12)17(18(20)21-2)19-10-9-15-13(11-19)7-8-16(15)22/h3-8,16-17,22H,9-11H2,1-2H3. The summed E-state index contributed by atoms with van der Waals surface area (Å²) in [5.41, 5.74) is 4.84. The van der Waals surface area contributed by atoms with E-state index in [1.165, 1.54) is 18.3 Å². The zero-order valence-corrected chi connectivity index (χ0v) is 13.8. The summed E-state index contributed by atoms with van der Waals surface area (Å²) in [5, 5.41) is 0.243. The molecule has 4 heteroatoms. The molecular formula is C18H21NO2S. The second kappa shape index (κ2) is 6.31. The van der Waals surface area contributed by atoms with Crippen LogP contribution in [0.3, 0.4) is 0 Å². The van der Waals surface area contributed by atoms with Gasteiger partial charge in [0.25, 0.3) is 0 Å². The molecule has 1 aromatic carbocycles. The summed E-state index contributed by atoms with van der Waals surface area (Å²) in [6.45, 7) is 3.67. The molecule has 1 aliphatic carbocycles. The van der Waals surface area contributed by atoms with Gasteiger partial charge in [-0.3, -0.25) is 4.90 Å². The molecule has 3 rings (SSSR count). The van der Waals surface area contributed by atoms with Crippen molar-refractivity contribution >= 4 is 18.6 Å². The third kappa shape index (κ3) is 2.73. The third-order valence-corrected chi connectivity index (χ3v) is 5.05. The number of hydrogen-bond donors (Lipinski definition) is 1. The molecule has 1 heterocycles. The highest BCUT2D eigenvalue weighted by Gasteiger charge is 2.34. The third-order valence-electron chi connectivity index (χ3n) is 4.56. The van der Waals surface area contributed by atoms with Crippen molar-refractivity contribution in [3.63, 3.8) is 0 Å². The molecular weight excluding hydrogens is 294 g/mol. The first-order valence-electron chi connectivity index (χ1n) is 7.57. The summed E-state index contributed by atoms with van der Waals surface area (Å²) in [6.07, 6.45) is 5.22. The van der Waals surface area contributed by atoms with E-state index < -0.39 is 0 Å². The molecule has 116 valence electrons. The molecule has 0 radical (unpaired) electrons. The van der Waals surface area contributed by atoms with Gasteiger partial charge in [-0.25, -0.2) is 4.79 Å². The minimum absolute atomic E-state index is 0.192. The van der Waals surface area contributed by atoms with Crippen LogP contribution in [-0.2, 0) is 9.53 Å². The minimum atomic E-state index is -0.340. The number of nitrogens with zero attached hydrogens (tertiary/aromatic N) is 1. The van der Waals surface area contributed by atoms with Gasteiger partial charge in [-0.1, -0.05) is 36.4 Å². The number of thiol groups is 1. The van der Waals surface area contributed by atoms with Crippen molar-refractivity contribution in [1.29, 1.82) is 0 Å². The van der Waals surface area contributed by atoms with E-state index in [1.807, 2.05) is 31.2 Å². The molecule has 1 aromatic rings. The van der Waals surface area contributed by atoms with Crippen LogP contribution in [0.5, 0.6) is 0 Å². The Morgan fingerprint density at radius 2 is 2.18 bits per heavy atom. The summed E-state index contributed by atoms with van der Waals surface area (Å²) in [4.78, 5) is 14.6. The predicted octanol–water partition coefficient (Wildman–Crippen LogP) is 3.08. The highest BCUT2D eigenvalue weighted by molar-refractivity contribution is 7.81. The van der Waals surface area contributed by atoms with Gasteiger partial charge in [-0.05, 0) is 35.6 Å². The zero-order valence-electron chi connectivity index (χ0n) is 13.0. The SMILES string of the molecule is COC(=O)C(c1ccccc1C)N1CCC2=C(C=CC2S)C1. The first-order chi connectivity index (χ1) is 10.6. The Bertz CT molecular complexity index is 650. The first kappa shape index (κ1) is 15.4. The fraction of sp³-hybridized carbons (Fsp3) is 0.389. The molecule has 2 unspecified atom stereocenters. The lowest BCUT2D eigenvalue weighted by molar-refractivity contribution is -0.147. The average molecular weight is 315 g/mol. The molecule has 0 bridgehead atoms. The molecule has 1 aliphatic heterocycles. The Morgan fingerprint density at radius 3 is 2.91 bits per heavy atom. The van der Waals surface area contributed by atoms with Crippen molar-refractivity contribution in [1.82, 2.24) is 4.90 Å². The molecule has 0 fully saturated rings. The number of carbonyl (C=O) groups is 1. The molecule has 0 saturated heterocycles. The summed E-state index contributed by atoms with van der Waals surface area (Å²) in [5.74, 6) is -0.192. The van der Waals surface area contributed by atoms with Crippen molar-refractivity contribution in [2.24, 2.45) is 0 Å². The number of hydrogen-bond acceptors (Lipinski definition) is 4. The largest absolute Gasteiger partial charge is 0.468 e. The number of benzene rings is 1. The highest BCUT2D eigenvalue weighted by atomic mass is 32.1. The van der Waals surface area contributed by atoms with Gasteiger partial charge >= 0.3 is 5.97 Å². The van der Waals surface area contributed by atoms with Crippen LogP contribution in [0.25, 0.3) is 0 Å². The quantitative estimate of drug-likeness (QED) is 0.687. The van der Waals surface area contributed by atoms with Crippen LogP contribution in [0.4, 0.5) is 0 Å². The van der Waals surface area contributed by atoms with E-state index in [1.54, 1.807) is 0 Å². The van der Waals surface area contributed by atoms with Gasteiger partial charge in [0.05, 0.1) is 7.11 Å². The second-order valence-corrected chi connectivity index (χ2v) is 6.41. The maximum absolute atomic E-state index is 12.4. The molecule has 0 saturated carbocycles. The number of ether oxygens (including phenoxy) is 1. The summed E-state index contributed by atoms with van der Waals surface area (Å²) < 4.78 is 5.08. The topological polar surface area (TPSA) is 29.5 Å². The van der Waals surface area contributed by atoms with Crippen LogP contribution in [0.15, 0.2) is 47.6 Å². The van der Waals surface area contributed by atoms with Gasteiger partial charge in [0, 0.05) is 18.3 Å². The van der Waals surface area contributed by atoms with Crippen LogP contribution >= 0.6 is 12.6 Å². The molecule has 0 amide bonds. The number of rotatable bonds is 3. The van der Waals surface area contributed by atoms with Crippen LogP contribution in [0.1, 0.15) is 23.6 Å². The number of esters is 1. The first-order valence-corrected chi connectivity index (χ1v) is 8.09. The van der Waals surface area contributed by atoms with Gasteiger partial charge in [0.1, 0.15) is 6.04 Å². The number of aryl methyl sites for hydroxylation is 1. The van der Waals surface area contributed by atoms with Crippen LogP contribution in [0.2, 0.25) is 0 Å². The molecule has 0 N–H and O–H groups in total. The Hall–Kier alpha value is -1.52. The Balaban J connectivity index is 1.92. The van der Waals surface area contributed by atoms with Gasteiger partial charge < -0.3 is 4.74 Å². The van der Waals surface area contributed by atoms with Crippen molar-refractivity contribution in [2.75, 3.05) is 20.2 Å². The number of carbonyl (C=O) groups excluding carboxylic acids is 1. The van der Waals surface area contributed by atoms with Crippen LogP contribution in [0, 0.1) is 6.92 Å². The smallest absolute Gasteiger partial charge is 0.327 e. The summed E-state index contributed by atoms with van der Waals surface area (Å²) >= 11 is 4.59. The van der Waals surface area contributed by atoms with Crippen LogP contribution in [-0.4, -0.2) is 36.3 Å². The Morgan fingerprint density at radius 1 is 1.41 bits per heavy atom. The molecule has 22 heavy (non-hydrogen) atoms. The van der Waals surface area contributed by atoms with Gasteiger partial charge in [-0.2, -0.15) is 12.6 Å². The zero-order chi connectivity index (χ0) is 15.7. The lowest BCUT2D eigenvalue weighted by Crippen LogP contribution is -2.39. The lowest BCUT2D eigenvalue weighted by atomic mass is 9.95. The van der Waals surface area contributed by atoms with E-state index >= 15 is 0 Å². The molecule has 3 nitrogen and oxygen atoms in total. The van der Waals surface area contributed by atoms with Gasteiger partial charge in [0.15, 0.2) is 0 Å². The average Bonchev–Trinajstić information content (AvgIpc) is 2.90. The fourth-order valence-corrected chi connectivity index (χ4v) is 3.72. The minimum Gasteiger partial charge on any atom is -0.468 e. The van der Waals surface area contributed by atoms with Crippen molar-refractivity contribution in [3.8, 4) is 0 Å². The van der Waals surface area contributed by atoms with E-state index in [0.717, 1.165) is 30.6 Å². The van der Waals surface area contributed by atoms with E-state index in [2.05, 4.69) is 29.7 Å². The van der Waals surface area contributed by atoms with E-state index in [9.17, 15) is 4.79 Å². The molecule has 2 aliphatic rings. The van der Waals surface area contributed by atoms with Crippen molar-refractivity contribution in [2.45, 2.75) is 24.6 Å².